The fourth-order valence-corrected chi connectivity index (χ4v) is 4.61. The summed E-state index contributed by atoms with van der Waals surface area (Å²) in [4.78, 5) is 4.16. The highest BCUT2D eigenvalue weighted by molar-refractivity contribution is 8.22. The molecule has 4 nitrogen and oxygen atoms in total. The van der Waals surface area contributed by atoms with E-state index >= 15 is 0 Å². The van der Waals surface area contributed by atoms with Crippen molar-refractivity contribution in [3.63, 3.8) is 0 Å². The zero-order valence-electron chi connectivity index (χ0n) is 17.3. The second kappa shape index (κ2) is 11.7. The maximum absolute atomic E-state index is 10.6. The lowest BCUT2D eigenvalue weighted by molar-refractivity contribution is 0.238. The number of nitrogens with zero attached hydrogens (tertiary/aromatic N) is 2. The van der Waals surface area contributed by atoms with E-state index in [1.54, 1.807) is 11.8 Å². The third-order valence-electron chi connectivity index (χ3n) is 4.72. The molecular weight excluding hydrogens is 396 g/mol. The summed E-state index contributed by atoms with van der Waals surface area (Å²) < 4.78 is 6.70. The Hall–Kier alpha value is -1.05. The van der Waals surface area contributed by atoms with Crippen molar-refractivity contribution in [1.82, 2.24) is 9.80 Å². The maximum Gasteiger partial charge on any atom is 0.259 e. The second-order valence-corrected chi connectivity index (χ2v) is 8.22. The van der Waals surface area contributed by atoms with Gasteiger partial charge in [-0.05, 0) is 76.5 Å². The summed E-state index contributed by atoms with van der Waals surface area (Å²) in [6, 6.07) is 1.98. The molecule has 1 N–H and O–H groups in total. The Morgan fingerprint density at radius 3 is 2.11 bits per heavy atom. The normalized spacial score (nSPS) is 10.6. The van der Waals surface area contributed by atoms with Crippen LogP contribution < -0.4 is 0 Å². The largest absolute Gasteiger partial charge is 0.507 e. The summed E-state index contributed by atoms with van der Waals surface area (Å²) >= 11 is 12.5. The molecule has 0 saturated heterocycles. The first-order valence-corrected chi connectivity index (χ1v) is 11.2. The summed E-state index contributed by atoms with van der Waals surface area (Å²) in [5, 5.41) is 11.1. The van der Waals surface area contributed by atoms with E-state index in [0.717, 1.165) is 52.8 Å². The Balaban J connectivity index is 2.94. The van der Waals surface area contributed by atoms with Crippen LogP contribution in [0, 0.1) is 13.8 Å². The summed E-state index contributed by atoms with van der Waals surface area (Å²) in [7, 11) is 0. The number of aryl methyl sites for hydroxylation is 1. The zero-order chi connectivity index (χ0) is 20.6. The third-order valence-corrected chi connectivity index (χ3v) is 6.64. The lowest BCUT2D eigenvalue weighted by Gasteiger charge is -2.23. The summed E-state index contributed by atoms with van der Waals surface area (Å²) in [5.41, 5.74) is 3.85. The molecule has 1 aromatic rings. The van der Waals surface area contributed by atoms with E-state index in [9.17, 15) is 5.11 Å². The van der Waals surface area contributed by atoms with Crippen molar-refractivity contribution < 1.29 is 9.84 Å². The van der Waals surface area contributed by atoms with E-state index < -0.39 is 0 Å². The highest BCUT2D eigenvalue weighted by Crippen LogP contribution is 2.32. The standard InChI is InChI=1S/C20H32N2O2S3/c1-7-21(8-2)19(25)24-12-16-11-14(5)18(23)17(15(16)6)13-27-20(26)22(9-3)10-4/h11,23H,7-10,12-13H2,1-6H3. The maximum atomic E-state index is 10.6. The fraction of sp³-hybridized carbons (Fsp3) is 0.600. The van der Waals surface area contributed by atoms with E-state index in [1.165, 1.54) is 0 Å². The number of hydrogen-bond acceptors (Lipinski definition) is 5. The summed E-state index contributed by atoms with van der Waals surface area (Å²) in [5.74, 6) is 0.986. The Bertz CT molecular complexity index is 657. The van der Waals surface area contributed by atoms with Gasteiger partial charge in [0.2, 0.25) is 0 Å². The van der Waals surface area contributed by atoms with E-state index in [-0.39, 0.29) is 0 Å². The van der Waals surface area contributed by atoms with Crippen molar-refractivity contribution in [3.8, 4) is 5.75 Å². The first kappa shape index (κ1) is 24.0. The minimum atomic E-state index is 0.345. The SMILES string of the molecule is CCN(CC)C(=S)OCc1cc(C)c(O)c(CSC(=S)N(CC)CC)c1C. The van der Waals surface area contributed by atoms with Gasteiger partial charge in [-0.15, -0.1) is 0 Å². The van der Waals surface area contributed by atoms with Gasteiger partial charge in [-0.2, -0.15) is 0 Å². The molecule has 0 atom stereocenters. The topological polar surface area (TPSA) is 35.9 Å². The third kappa shape index (κ3) is 6.50. The Kier molecular flexibility index (Phi) is 10.4. The molecule has 0 heterocycles. The van der Waals surface area contributed by atoms with Gasteiger partial charge >= 0.3 is 0 Å². The second-order valence-electron chi connectivity index (χ2n) is 6.26. The summed E-state index contributed by atoms with van der Waals surface area (Å²) in [6.45, 7) is 16.1. The van der Waals surface area contributed by atoms with Crippen molar-refractivity contribution >= 4 is 45.7 Å². The van der Waals surface area contributed by atoms with Crippen molar-refractivity contribution in [1.29, 1.82) is 0 Å². The van der Waals surface area contributed by atoms with Gasteiger partial charge in [-0.1, -0.05) is 24.0 Å². The Labute approximate surface area is 179 Å². The molecule has 0 radical (unpaired) electrons. The van der Waals surface area contributed by atoms with Gasteiger partial charge in [-0.25, -0.2) is 0 Å². The van der Waals surface area contributed by atoms with Crippen LogP contribution in [0.3, 0.4) is 0 Å². The molecule has 0 unspecified atom stereocenters. The highest BCUT2D eigenvalue weighted by Gasteiger charge is 2.16. The minimum Gasteiger partial charge on any atom is -0.507 e. The van der Waals surface area contributed by atoms with Gasteiger partial charge < -0.3 is 19.6 Å². The van der Waals surface area contributed by atoms with Gasteiger partial charge in [0.05, 0.1) is 0 Å². The van der Waals surface area contributed by atoms with Crippen LogP contribution in [0.5, 0.6) is 5.75 Å². The molecule has 0 aliphatic rings. The van der Waals surface area contributed by atoms with Crippen LogP contribution in [-0.2, 0) is 17.1 Å². The van der Waals surface area contributed by atoms with Crippen molar-refractivity contribution in [2.45, 2.75) is 53.9 Å². The molecule has 152 valence electrons. The predicted molar refractivity (Wildman–Crippen MR) is 125 cm³/mol. The van der Waals surface area contributed by atoms with Crippen LogP contribution in [-0.4, -0.2) is 50.6 Å². The van der Waals surface area contributed by atoms with Gasteiger partial charge in [0, 0.05) is 37.5 Å². The molecule has 0 aromatic heterocycles. The van der Waals surface area contributed by atoms with Crippen LogP contribution >= 0.6 is 36.2 Å². The van der Waals surface area contributed by atoms with E-state index in [2.05, 4.69) is 32.6 Å². The predicted octanol–water partition coefficient (Wildman–Crippen LogP) is 5.01. The van der Waals surface area contributed by atoms with E-state index in [0.29, 0.717) is 23.3 Å². The highest BCUT2D eigenvalue weighted by atomic mass is 32.2. The number of benzene rings is 1. The number of aromatic hydroxyl groups is 1. The molecular formula is C20H32N2O2S3. The number of phenols is 1. The molecule has 0 saturated carbocycles. The number of thioether (sulfide) groups is 1. The van der Waals surface area contributed by atoms with Crippen LogP contribution in [0.4, 0.5) is 0 Å². The quantitative estimate of drug-likeness (QED) is 0.583. The fourth-order valence-electron chi connectivity index (χ4n) is 2.79. The lowest BCUT2D eigenvalue weighted by atomic mass is 9.99. The number of ether oxygens (including phenoxy) is 1. The molecule has 0 aliphatic heterocycles. The smallest absolute Gasteiger partial charge is 0.259 e. The van der Waals surface area contributed by atoms with Gasteiger partial charge in [0.15, 0.2) is 0 Å². The van der Waals surface area contributed by atoms with Gasteiger partial charge in [-0.3, -0.25) is 0 Å². The molecule has 27 heavy (non-hydrogen) atoms. The van der Waals surface area contributed by atoms with Crippen molar-refractivity contribution in [2.75, 3.05) is 26.2 Å². The molecule has 7 heteroatoms. The molecule has 1 rings (SSSR count). The number of thiocarbonyl (C=S) groups is 2. The van der Waals surface area contributed by atoms with Crippen LogP contribution in [0.25, 0.3) is 0 Å². The lowest BCUT2D eigenvalue weighted by Crippen LogP contribution is -2.30. The van der Waals surface area contributed by atoms with Crippen LogP contribution in [0.1, 0.15) is 49.9 Å². The van der Waals surface area contributed by atoms with Crippen LogP contribution in [0.2, 0.25) is 0 Å². The van der Waals surface area contributed by atoms with E-state index in [4.69, 9.17) is 29.2 Å². The first-order valence-electron chi connectivity index (χ1n) is 9.44. The molecule has 0 fully saturated rings. The number of rotatable bonds is 8. The van der Waals surface area contributed by atoms with E-state index in [1.807, 2.05) is 24.8 Å². The number of hydrogen-bond donors (Lipinski definition) is 1. The van der Waals surface area contributed by atoms with Gasteiger partial charge in [0.1, 0.15) is 16.7 Å². The van der Waals surface area contributed by atoms with Crippen molar-refractivity contribution in [2.24, 2.45) is 0 Å². The molecule has 0 amide bonds. The Morgan fingerprint density at radius 2 is 1.59 bits per heavy atom. The first-order chi connectivity index (χ1) is 12.8. The monoisotopic (exact) mass is 428 g/mol. The average Bonchev–Trinajstić information content (AvgIpc) is 2.65. The number of phenolic OH excluding ortho intramolecular Hbond substituents is 1. The Morgan fingerprint density at radius 1 is 1.04 bits per heavy atom. The summed E-state index contributed by atoms with van der Waals surface area (Å²) in [6.07, 6.45) is 0. The minimum absolute atomic E-state index is 0.345. The van der Waals surface area contributed by atoms with Crippen LogP contribution in [0.15, 0.2) is 6.07 Å². The molecule has 0 bridgehead atoms. The molecule has 0 aliphatic carbocycles. The molecule has 1 aromatic carbocycles. The average molecular weight is 429 g/mol. The van der Waals surface area contributed by atoms with Crippen molar-refractivity contribution in [3.05, 3.63) is 28.3 Å². The molecule has 0 spiro atoms. The zero-order valence-corrected chi connectivity index (χ0v) is 19.7. The van der Waals surface area contributed by atoms with Gasteiger partial charge in [0.25, 0.3) is 5.17 Å².